The van der Waals surface area contributed by atoms with Crippen LogP contribution in [-0.4, -0.2) is 71.9 Å². The fraction of sp³-hybridized carbons (Fsp3) is 0.737. The standard InChI is InChI=1S/C19H34N2O6.Na/c1-4-5-6-7-8-17(23)20-9-10-21(11-12-22,13-15(2)18(24)25)14-16(3)19(26)27;/h4,15-16,22H,1,5-14H2,2-3H3,(H2-,20,23,24,25,26,27);/q;+1. The molecule has 0 aliphatic carbocycles. The summed E-state index contributed by atoms with van der Waals surface area (Å²) in [6.07, 6.45) is 4.71. The van der Waals surface area contributed by atoms with Crippen molar-refractivity contribution in [2.45, 2.75) is 39.5 Å². The van der Waals surface area contributed by atoms with Crippen LogP contribution in [0.4, 0.5) is 0 Å². The Balaban J connectivity index is 0. The van der Waals surface area contributed by atoms with Gasteiger partial charge in [0.05, 0.1) is 32.8 Å². The van der Waals surface area contributed by atoms with Crippen LogP contribution < -0.4 is 40.0 Å². The zero-order chi connectivity index (χ0) is 20.9. The van der Waals surface area contributed by atoms with Gasteiger partial charge in [0.25, 0.3) is 0 Å². The van der Waals surface area contributed by atoms with Crippen LogP contribution in [0.15, 0.2) is 12.7 Å². The van der Waals surface area contributed by atoms with Gasteiger partial charge in [0.15, 0.2) is 0 Å². The van der Waals surface area contributed by atoms with Gasteiger partial charge < -0.3 is 29.9 Å². The first-order chi connectivity index (χ1) is 12.7. The molecule has 3 unspecified atom stereocenters. The second kappa shape index (κ2) is 15.9. The Labute approximate surface area is 189 Å². The Morgan fingerprint density at radius 3 is 2.25 bits per heavy atom. The molecule has 156 valence electrons. The molecule has 1 amide bonds. The van der Waals surface area contributed by atoms with Crippen molar-refractivity contribution in [1.29, 1.82) is 0 Å². The van der Waals surface area contributed by atoms with Crippen LogP contribution in [-0.2, 0) is 14.4 Å². The Kier molecular flexibility index (Phi) is 16.7. The zero-order valence-corrected chi connectivity index (χ0v) is 19.5. The third-order valence-corrected chi connectivity index (χ3v) is 4.69. The number of hydrogen-bond acceptors (Lipinski definition) is 5. The molecule has 0 spiro atoms. The summed E-state index contributed by atoms with van der Waals surface area (Å²) >= 11 is 0. The maximum absolute atomic E-state index is 11.9. The van der Waals surface area contributed by atoms with Crippen molar-refractivity contribution in [3.8, 4) is 0 Å². The number of nitrogens with one attached hydrogen (secondary N) is 1. The van der Waals surface area contributed by atoms with Crippen molar-refractivity contribution in [2.75, 3.05) is 39.3 Å². The van der Waals surface area contributed by atoms with Crippen molar-refractivity contribution in [3.63, 3.8) is 0 Å². The van der Waals surface area contributed by atoms with Crippen LogP contribution in [0.25, 0.3) is 0 Å². The number of carbonyl (C=O) groups is 3. The predicted octanol–water partition coefficient (Wildman–Crippen LogP) is -3.23. The van der Waals surface area contributed by atoms with Crippen molar-refractivity contribution < 1.29 is 63.7 Å². The summed E-state index contributed by atoms with van der Waals surface area (Å²) in [7, 11) is 0. The van der Waals surface area contributed by atoms with Crippen LogP contribution >= 0.6 is 0 Å². The van der Waals surface area contributed by atoms with E-state index in [0.717, 1.165) is 19.3 Å². The second-order valence-corrected chi connectivity index (χ2v) is 7.22. The van der Waals surface area contributed by atoms with E-state index in [1.54, 1.807) is 13.0 Å². The third-order valence-electron chi connectivity index (χ3n) is 4.69. The van der Waals surface area contributed by atoms with Gasteiger partial charge in [-0.2, -0.15) is 0 Å². The number of aliphatic carboxylic acids is 2. The van der Waals surface area contributed by atoms with Crippen LogP contribution in [0.1, 0.15) is 39.5 Å². The normalized spacial score (nSPS) is 14.8. The molecule has 3 atom stereocenters. The largest absolute Gasteiger partial charge is 1.00 e. The molecule has 0 aromatic heterocycles. The van der Waals surface area contributed by atoms with Crippen molar-refractivity contribution in [3.05, 3.63) is 12.7 Å². The Morgan fingerprint density at radius 1 is 1.14 bits per heavy atom. The third kappa shape index (κ3) is 12.5. The van der Waals surface area contributed by atoms with Crippen molar-refractivity contribution in [2.24, 2.45) is 11.8 Å². The SMILES string of the molecule is C=CCCCCC(=O)NCC[N+](CCO)(CC(C)C(=O)[O-])CC(C)C(=O)O.[Na+]. The van der Waals surface area contributed by atoms with Gasteiger partial charge in [-0.3, -0.25) is 9.59 Å². The van der Waals surface area contributed by atoms with Crippen LogP contribution in [0.2, 0.25) is 0 Å². The number of hydrogen-bond donors (Lipinski definition) is 3. The fourth-order valence-electron chi connectivity index (χ4n) is 3.17. The van der Waals surface area contributed by atoms with Crippen molar-refractivity contribution in [1.82, 2.24) is 5.32 Å². The summed E-state index contributed by atoms with van der Waals surface area (Å²) in [4.78, 5) is 34.4. The van der Waals surface area contributed by atoms with E-state index < -0.39 is 23.8 Å². The van der Waals surface area contributed by atoms with Gasteiger partial charge in [-0.05, 0) is 26.2 Å². The van der Waals surface area contributed by atoms with Crippen LogP contribution in [0.5, 0.6) is 0 Å². The minimum Gasteiger partial charge on any atom is -0.550 e. The maximum atomic E-state index is 11.9. The molecular weight excluding hydrogens is 375 g/mol. The molecule has 0 aromatic carbocycles. The molecule has 0 saturated heterocycles. The molecule has 0 aromatic rings. The number of carboxylic acids is 2. The Morgan fingerprint density at radius 2 is 1.75 bits per heavy atom. The smallest absolute Gasteiger partial charge is 0.550 e. The van der Waals surface area contributed by atoms with Gasteiger partial charge in [-0.1, -0.05) is 13.0 Å². The first-order valence-electron chi connectivity index (χ1n) is 9.44. The minimum atomic E-state index is -1.22. The number of nitrogens with zero attached hydrogens (tertiary/aromatic N) is 1. The van der Waals surface area contributed by atoms with Gasteiger partial charge >= 0.3 is 35.5 Å². The summed E-state index contributed by atoms with van der Waals surface area (Å²) in [6, 6.07) is 0. The van der Waals surface area contributed by atoms with E-state index in [1.165, 1.54) is 6.92 Å². The molecule has 0 rings (SSSR count). The van der Waals surface area contributed by atoms with E-state index in [4.69, 9.17) is 0 Å². The number of aliphatic hydroxyl groups excluding tert-OH is 1. The maximum Gasteiger partial charge on any atom is 1.00 e. The van der Waals surface area contributed by atoms with E-state index in [1.807, 2.05) is 0 Å². The first-order valence-corrected chi connectivity index (χ1v) is 9.44. The molecule has 9 heteroatoms. The quantitative estimate of drug-likeness (QED) is 0.106. The summed E-state index contributed by atoms with van der Waals surface area (Å²) < 4.78 is 0.0931. The van der Waals surface area contributed by atoms with E-state index >= 15 is 0 Å². The van der Waals surface area contributed by atoms with Crippen LogP contribution in [0.3, 0.4) is 0 Å². The molecule has 0 heterocycles. The first kappa shape index (κ1) is 29.3. The molecule has 0 bridgehead atoms. The molecule has 28 heavy (non-hydrogen) atoms. The summed E-state index contributed by atoms with van der Waals surface area (Å²) in [6.45, 7) is 7.62. The number of amides is 1. The fourth-order valence-corrected chi connectivity index (χ4v) is 3.17. The molecule has 0 aliphatic heterocycles. The van der Waals surface area contributed by atoms with Gasteiger partial charge in [-0.15, -0.1) is 6.58 Å². The van der Waals surface area contributed by atoms with Gasteiger partial charge in [0.1, 0.15) is 12.5 Å². The number of allylic oxidation sites excluding steroid dienone is 1. The number of carboxylic acid groups (broad SMARTS) is 2. The molecule has 0 radical (unpaired) electrons. The molecule has 3 N–H and O–H groups in total. The molecule has 8 nitrogen and oxygen atoms in total. The van der Waals surface area contributed by atoms with Crippen molar-refractivity contribution >= 4 is 17.8 Å². The number of quaternary nitrogens is 1. The molecule has 0 saturated carbocycles. The summed E-state index contributed by atoms with van der Waals surface area (Å²) in [5, 5.41) is 32.7. The molecule has 0 aliphatic rings. The summed E-state index contributed by atoms with van der Waals surface area (Å²) in [5.74, 6) is -3.81. The zero-order valence-electron chi connectivity index (χ0n) is 17.5. The number of aliphatic hydroxyl groups is 1. The van der Waals surface area contributed by atoms with Gasteiger partial charge in [-0.25, -0.2) is 0 Å². The summed E-state index contributed by atoms with van der Waals surface area (Å²) in [5.41, 5.74) is 0. The number of unbranched alkanes of at least 4 members (excludes halogenated alkanes) is 2. The van der Waals surface area contributed by atoms with E-state index in [-0.39, 0.29) is 72.7 Å². The Hall–Kier alpha value is -0.930. The molecule has 0 fully saturated rings. The predicted molar refractivity (Wildman–Crippen MR) is 99.5 cm³/mol. The van der Waals surface area contributed by atoms with Crippen LogP contribution in [0, 0.1) is 11.8 Å². The molecular formula is C19H34N2NaO6+. The monoisotopic (exact) mass is 409 g/mol. The van der Waals surface area contributed by atoms with E-state index in [9.17, 15) is 29.7 Å². The van der Waals surface area contributed by atoms with E-state index in [2.05, 4.69) is 11.9 Å². The number of rotatable bonds is 16. The number of carbonyl (C=O) groups excluding carboxylic acids is 2. The average Bonchev–Trinajstić information content (AvgIpc) is 2.58. The Bertz CT molecular complexity index is 479. The van der Waals surface area contributed by atoms with Gasteiger partial charge in [0, 0.05) is 18.3 Å². The topological polar surface area (TPSA) is 127 Å². The average molecular weight is 409 g/mol. The minimum absolute atomic E-state index is 0. The van der Waals surface area contributed by atoms with Gasteiger partial charge in [0.2, 0.25) is 5.91 Å². The second-order valence-electron chi connectivity index (χ2n) is 7.22. The van der Waals surface area contributed by atoms with E-state index in [0.29, 0.717) is 13.0 Å².